The number of nitrogens with one attached hydrogen (secondary N) is 2. The van der Waals surface area contributed by atoms with E-state index >= 15 is 0 Å². The van der Waals surface area contributed by atoms with E-state index in [2.05, 4.69) is 101 Å². The van der Waals surface area contributed by atoms with Crippen LogP contribution in [0, 0.1) is 142 Å². The van der Waals surface area contributed by atoms with E-state index in [1.807, 2.05) is 34.7 Å². The van der Waals surface area contributed by atoms with Crippen LogP contribution in [0.4, 0.5) is 0 Å². The maximum absolute atomic E-state index is 11.9. The van der Waals surface area contributed by atoms with E-state index in [4.69, 9.17) is 9.90 Å². The Hall–Kier alpha value is -2.04. The van der Waals surface area contributed by atoms with Crippen molar-refractivity contribution in [2.24, 2.45) is 142 Å². The number of unbranched alkanes of at least 4 members (excludes halogenated alkanes) is 2. The number of carboxylic acid groups (broad SMARTS) is 3. The summed E-state index contributed by atoms with van der Waals surface area (Å²) in [5.41, 5.74) is 0. The van der Waals surface area contributed by atoms with Crippen molar-refractivity contribution in [1.82, 2.24) is 10.6 Å². The van der Waals surface area contributed by atoms with Gasteiger partial charge >= 0.3 is 17.9 Å². The zero-order valence-corrected chi connectivity index (χ0v) is 66.8. The van der Waals surface area contributed by atoms with Crippen LogP contribution in [-0.4, -0.2) is 77.4 Å². The molecule has 0 aromatic heterocycles. The Bertz CT molecular complexity index is 2050. The molecule has 0 bridgehead atoms. The summed E-state index contributed by atoms with van der Waals surface area (Å²) in [5.74, 6) is 14.2. The van der Waals surface area contributed by atoms with Crippen LogP contribution < -0.4 is 10.6 Å². The van der Waals surface area contributed by atoms with Crippen molar-refractivity contribution in [2.75, 3.05) is 14.1 Å². The van der Waals surface area contributed by atoms with Crippen LogP contribution in [0.5, 0.6) is 0 Å². The smallest absolute Gasteiger partial charge is 0.332 e. The summed E-state index contributed by atoms with van der Waals surface area (Å²) < 4.78 is 0. The molecule has 97 heavy (non-hydrogen) atoms. The van der Waals surface area contributed by atoms with Gasteiger partial charge in [-0.15, -0.1) is 0 Å². The van der Waals surface area contributed by atoms with Crippen molar-refractivity contribution >= 4 is 24.7 Å². The van der Waals surface area contributed by atoms with Gasteiger partial charge in [-0.05, 0) is 273 Å². The first-order chi connectivity index (χ1) is 46.1. The summed E-state index contributed by atoms with van der Waals surface area (Å²) in [6, 6.07) is 0.723. The minimum atomic E-state index is -1.23. The monoisotopic (exact) mass is 1370 g/mol. The molecule has 0 spiro atoms. The molecule has 0 radical (unpaired) electrons. The molecule has 6 N–H and O–H groups in total. The quantitative estimate of drug-likeness (QED) is 0.0322. The lowest BCUT2D eigenvalue weighted by atomic mass is 9.75. The Morgan fingerprint density at radius 3 is 1.24 bits per heavy atom. The van der Waals surface area contributed by atoms with Gasteiger partial charge in [-0.1, -0.05) is 225 Å². The molecule has 0 aromatic rings. The van der Waals surface area contributed by atoms with Gasteiger partial charge in [0.2, 0.25) is 0 Å². The SMILES string of the molecule is C=O.CNC(C)CCC(C)CCC1CCC(C(CCC(C(C)C)C(O)C(=O)O)C(C)C)C1.CNC(CCC(C)CCC1CCC(C(C)CCC(C)CCC2CCC(C(C)CCCCCC3CCC(C(C)CCC(CCC4CCC(C(C(=O)O)C(C)C)C4)C(C)C)C3)C2)C1)CC(=O)O. The lowest BCUT2D eigenvalue weighted by molar-refractivity contribution is -0.151. The van der Waals surface area contributed by atoms with Gasteiger partial charge in [0.15, 0.2) is 6.10 Å². The standard InChI is InChI=1S/C60H111NO4.C26H51NO3.CH2O/c1-41(2)52(30-24-51-28-34-56(39-51)59(42(3)4)60(64)65)29-21-47(9)54-31-25-48(36-54)15-13-11-12-14-45(7)53-32-26-49(37-53)22-17-43(5)16-20-46(8)55-33-27-50(38-55)23-18-44(6)19-35-57(61-10)40-58(62)63;1-17(2)23(14-15-24(18(3)4)25(28)26(29)30)22-13-12-21(16-22)11-9-19(5)8-10-20(6)27-7;1-2/h41-57,59,61H,11-40H2,1-10H3,(H,62,63)(H,64,65);17-25,27-28H,8-16H2,1-7H3,(H,29,30);1H2. The number of aliphatic hydroxyl groups excluding tert-OH is 1. The van der Waals surface area contributed by atoms with Crippen molar-refractivity contribution in [3.8, 4) is 0 Å². The zero-order valence-electron chi connectivity index (χ0n) is 66.8. The predicted molar refractivity (Wildman–Crippen MR) is 411 cm³/mol. The number of carbonyl (C=O) groups excluding carboxylic acids is 1. The molecular formula is C87H164N2O8. The Morgan fingerprint density at radius 2 is 0.804 bits per heavy atom. The molecule has 0 saturated heterocycles. The average molecular weight is 1370 g/mol. The molecule has 23 atom stereocenters. The van der Waals surface area contributed by atoms with Crippen LogP contribution in [0.1, 0.15) is 354 Å². The second kappa shape index (κ2) is 48.8. The molecule has 5 fully saturated rings. The predicted octanol–water partition coefficient (Wildman–Crippen LogP) is 22.9. The molecule has 5 saturated carbocycles. The maximum atomic E-state index is 11.9. The van der Waals surface area contributed by atoms with Crippen molar-refractivity contribution in [2.45, 2.75) is 372 Å². The molecule has 570 valence electrons. The highest BCUT2D eigenvalue weighted by Crippen LogP contribution is 2.47. The number of carbonyl (C=O) groups is 4. The van der Waals surface area contributed by atoms with Gasteiger partial charge < -0.3 is 35.9 Å². The van der Waals surface area contributed by atoms with Gasteiger partial charge in [0.25, 0.3) is 0 Å². The van der Waals surface area contributed by atoms with Crippen molar-refractivity contribution < 1.29 is 39.6 Å². The molecule has 0 heterocycles. The summed E-state index contributed by atoms with van der Waals surface area (Å²) in [4.78, 5) is 42.3. The number of aliphatic carboxylic acids is 3. The van der Waals surface area contributed by atoms with Crippen molar-refractivity contribution in [3.05, 3.63) is 0 Å². The van der Waals surface area contributed by atoms with E-state index in [1.165, 1.54) is 205 Å². The molecule has 5 aliphatic carbocycles. The Morgan fingerprint density at radius 1 is 0.381 bits per heavy atom. The lowest BCUT2D eigenvalue weighted by Crippen LogP contribution is -2.33. The van der Waals surface area contributed by atoms with Crippen LogP contribution in [-0.2, 0) is 19.2 Å². The molecule has 0 aromatic carbocycles. The molecule has 23 unspecified atom stereocenters. The fourth-order valence-electron chi connectivity index (χ4n) is 20.5. The van der Waals surface area contributed by atoms with E-state index < -0.39 is 24.0 Å². The topological polar surface area (TPSA) is 173 Å². The van der Waals surface area contributed by atoms with Gasteiger partial charge in [0.05, 0.1) is 12.3 Å². The number of carboxylic acids is 3. The molecule has 0 aliphatic heterocycles. The minimum Gasteiger partial charge on any atom is -0.481 e. The zero-order chi connectivity index (χ0) is 72.3. The lowest BCUT2D eigenvalue weighted by Gasteiger charge is -2.31. The molecule has 10 heteroatoms. The summed E-state index contributed by atoms with van der Waals surface area (Å²) in [5, 5.41) is 44.9. The van der Waals surface area contributed by atoms with Crippen LogP contribution in [0.15, 0.2) is 0 Å². The minimum absolute atomic E-state index is 0.108. The molecule has 10 nitrogen and oxygen atoms in total. The fraction of sp³-hybridized carbons (Fsp3) is 0.954. The van der Waals surface area contributed by atoms with Crippen LogP contribution >= 0.6 is 0 Å². The van der Waals surface area contributed by atoms with Gasteiger partial charge in [0, 0.05) is 12.1 Å². The van der Waals surface area contributed by atoms with E-state index in [9.17, 15) is 29.7 Å². The third kappa shape index (κ3) is 34.4. The second-order valence-electron chi connectivity index (χ2n) is 36.8. The number of hydrogen-bond acceptors (Lipinski definition) is 7. The highest BCUT2D eigenvalue weighted by molar-refractivity contribution is 5.72. The molecule has 5 aliphatic rings. The van der Waals surface area contributed by atoms with E-state index in [1.54, 1.807) is 0 Å². The molecule has 5 rings (SSSR count). The van der Waals surface area contributed by atoms with Crippen LogP contribution in [0.3, 0.4) is 0 Å². The van der Waals surface area contributed by atoms with Crippen LogP contribution in [0.2, 0.25) is 0 Å². The summed E-state index contributed by atoms with van der Waals surface area (Å²) in [7, 11) is 3.94. The van der Waals surface area contributed by atoms with E-state index in [-0.39, 0.29) is 36.1 Å². The van der Waals surface area contributed by atoms with Gasteiger partial charge in [-0.2, -0.15) is 0 Å². The first-order valence-corrected chi connectivity index (χ1v) is 42.1. The van der Waals surface area contributed by atoms with Crippen molar-refractivity contribution in [1.29, 1.82) is 0 Å². The normalized spacial score (nSPS) is 27.7. The third-order valence-electron chi connectivity index (χ3n) is 28.0. The maximum Gasteiger partial charge on any atom is 0.332 e. The van der Waals surface area contributed by atoms with Gasteiger partial charge in [0.1, 0.15) is 6.79 Å². The molecule has 0 amide bonds. The highest BCUT2D eigenvalue weighted by Gasteiger charge is 2.39. The first kappa shape index (κ1) is 89.2. The third-order valence-corrected chi connectivity index (χ3v) is 28.0. The Labute approximate surface area is 600 Å². The average Bonchev–Trinajstić information content (AvgIpc) is 1.77. The highest BCUT2D eigenvalue weighted by atomic mass is 16.4. The van der Waals surface area contributed by atoms with Crippen molar-refractivity contribution in [3.63, 3.8) is 0 Å². The summed E-state index contributed by atoms with van der Waals surface area (Å²) in [6.07, 6.45) is 50.3. The number of aliphatic hydroxyl groups is 1. The Kier molecular flexibility index (Phi) is 44.9. The van der Waals surface area contributed by atoms with E-state index in [0.29, 0.717) is 29.7 Å². The van der Waals surface area contributed by atoms with Gasteiger partial charge in [-0.25, -0.2) is 4.79 Å². The van der Waals surface area contributed by atoms with Crippen LogP contribution in [0.25, 0.3) is 0 Å². The summed E-state index contributed by atoms with van der Waals surface area (Å²) in [6.45, 7) is 37.1. The van der Waals surface area contributed by atoms with E-state index in [0.717, 1.165) is 133 Å². The largest absolute Gasteiger partial charge is 0.481 e. The second-order valence-corrected chi connectivity index (χ2v) is 36.8. The first-order valence-electron chi connectivity index (χ1n) is 42.1. The Balaban J connectivity index is 0.000000639. The number of rotatable bonds is 49. The number of hydrogen-bond donors (Lipinski definition) is 6. The van der Waals surface area contributed by atoms with Gasteiger partial charge in [-0.3, -0.25) is 9.59 Å². The summed E-state index contributed by atoms with van der Waals surface area (Å²) >= 11 is 0. The molecular weight excluding hydrogens is 1200 g/mol. The fourth-order valence-corrected chi connectivity index (χ4v) is 20.5.